The first kappa shape index (κ1) is 12.5. The van der Waals surface area contributed by atoms with Crippen LogP contribution in [0.4, 0.5) is 0 Å². The summed E-state index contributed by atoms with van der Waals surface area (Å²) in [6.07, 6.45) is 3.49. The third kappa shape index (κ3) is 2.32. The minimum atomic E-state index is -0.263. The van der Waals surface area contributed by atoms with Crippen molar-refractivity contribution in [2.75, 3.05) is 6.54 Å². The molecule has 1 aliphatic rings. The lowest BCUT2D eigenvalue weighted by atomic mass is 10.0. The maximum Gasteiger partial charge on any atom is 0.420 e. The molecule has 1 aromatic heterocycles. The lowest BCUT2D eigenvalue weighted by molar-refractivity contribution is 0.478. The third-order valence-corrected chi connectivity index (χ3v) is 3.84. The fourth-order valence-electron chi connectivity index (χ4n) is 2.91. The standard InChI is InChI=1S/C15H20N2O2/c1-10(2)17-13-6-5-11(8-12-4-3-7-16-12)9-14(13)19-15(17)18/h5-6,9-10,12,16H,3-4,7-8H2,1-2H3. The van der Waals surface area contributed by atoms with Crippen LogP contribution in [-0.2, 0) is 6.42 Å². The van der Waals surface area contributed by atoms with Crippen LogP contribution in [0.2, 0.25) is 0 Å². The van der Waals surface area contributed by atoms with Gasteiger partial charge in [0, 0.05) is 12.1 Å². The van der Waals surface area contributed by atoms with Crippen molar-refractivity contribution in [3.8, 4) is 0 Å². The highest BCUT2D eigenvalue weighted by molar-refractivity contribution is 5.74. The van der Waals surface area contributed by atoms with Gasteiger partial charge in [0.2, 0.25) is 0 Å². The first-order valence-corrected chi connectivity index (χ1v) is 7.02. The smallest absolute Gasteiger partial charge is 0.408 e. The van der Waals surface area contributed by atoms with Crippen molar-refractivity contribution < 1.29 is 4.42 Å². The normalized spacial score (nSPS) is 19.6. The molecule has 0 spiro atoms. The zero-order chi connectivity index (χ0) is 13.4. The molecular weight excluding hydrogens is 240 g/mol. The van der Waals surface area contributed by atoms with Crippen LogP contribution in [0.5, 0.6) is 0 Å². The van der Waals surface area contributed by atoms with E-state index in [1.165, 1.54) is 18.4 Å². The molecule has 19 heavy (non-hydrogen) atoms. The van der Waals surface area contributed by atoms with Crippen LogP contribution < -0.4 is 11.1 Å². The van der Waals surface area contributed by atoms with Crippen molar-refractivity contribution in [1.82, 2.24) is 9.88 Å². The molecule has 102 valence electrons. The van der Waals surface area contributed by atoms with E-state index in [1.807, 2.05) is 26.0 Å². The summed E-state index contributed by atoms with van der Waals surface area (Å²) in [6, 6.07) is 6.81. The predicted molar refractivity (Wildman–Crippen MR) is 75.6 cm³/mol. The largest absolute Gasteiger partial charge is 0.420 e. The molecule has 1 unspecified atom stereocenters. The Morgan fingerprint density at radius 2 is 2.32 bits per heavy atom. The fraction of sp³-hybridized carbons (Fsp3) is 0.533. The van der Waals surface area contributed by atoms with Crippen molar-refractivity contribution >= 4 is 11.1 Å². The van der Waals surface area contributed by atoms with Crippen LogP contribution in [0, 0.1) is 0 Å². The predicted octanol–water partition coefficient (Wildman–Crippen LogP) is 2.47. The summed E-state index contributed by atoms with van der Waals surface area (Å²) in [4.78, 5) is 11.8. The minimum absolute atomic E-state index is 0.121. The van der Waals surface area contributed by atoms with Gasteiger partial charge >= 0.3 is 5.76 Å². The second kappa shape index (κ2) is 4.85. The molecule has 1 atom stereocenters. The van der Waals surface area contributed by atoms with E-state index in [4.69, 9.17) is 4.42 Å². The van der Waals surface area contributed by atoms with Crippen LogP contribution in [0.3, 0.4) is 0 Å². The molecule has 2 aromatic rings. The van der Waals surface area contributed by atoms with Crippen molar-refractivity contribution in [2.45, 2.75) is 45.2 Å². The molecule has 1 aromatic carbocycles. The Kier molecular flexibility index (Phi) is 3.19. The van der Waals surface area contributed by atoms with Gasteiger partial charge in [-0.1, -0.05) is 6.07 Å². The average Bonchev–Trinajstić information content (AvgIpc) is 2.94. The summed E-state index contributed by atoms with van der Waals surface area (Å²) in [5.41, 5.74) is 2.83. The van der Waals surface area contributed by atoms with E-state index in [-0.39, 0.29) is 11.8 Å². The number of hydrogen-bond donors (Lipinski definition) is 1. The summed E-state index contributed by atoms with van der Waals surface area (Å²) in [7, 11) is 0. The zero-order valence-corrected chi connectivity index (χ0v) is 11.5. The number of nitrogens with zero attached hydrogens (tertiary/aromatic N) is 1. The first-order chi connectivity index (χ1) is 9.15. The molecule has 4 heteroatoms. The van der Waals surface area contributed by atoms with E-state index in [0.717, 1.165) is 18.5 Å². The number of fused-ring (bicyclic) bond motifs is 1. The number of rotatable bonds is 3. The number of benzene rings is 1. The lowest BCUT2D eigenvalue weighted by Crippen LogP contribution is -2.23. The molecule has 0 bridgehead atoms. The first-order valence-electron chi connectivity index (χ1n) is 7.02. The van der Waals surface area contributed by atoms with Gasteiger partial charge in [0.05, 0.1) is 5.52 Å². The number of oxazole rings is 1. The number of hydrogen-bond acceptors (Lipinski definition) is 3. The summed E-state index contributed by atoms with van der Waals surface area (Å²) < 4.78 is 7.05. The highest BCUT2D eigenvalue weighted by atomic mass is 16.4. The SMILES string of the molecule is CC(C)n1c(=O)oc2cc(CC3CCCN3)ccc21. The molecule has 0 amide bonds. The van der Waals surface area contributed by atoms with Gasteiger partial charge in [-0.3, -0.25) is 4.57 Å². The lowest BCUT2D eigenvalue weighted by Gasteiger charge is -2.10. The quantitative estimate of drug-likeness (QED) is 0.922. The highest BCUT2D eigenvalue weighted by Gasteiger charge is 2.16. The van der Waals surface area contributed by atoms with Gasteiger partial charge in [0.15, 0.2) is 5.58 Å². The van der Waals surface area contributed by atoms with E-state index >= 15 is 0 Å². The Hall–Kier alpha value is -1.55. The maximum atomic E-state index is 11.8. The molecule has 1 saturated heterocycles. The van der Waals surface area contributed by atoms with Gasteiger partial charge in [-0.2, -0.15) is 0 Å². The molecule has 1 N–H and O–H groups in total. The van der Waals surface area contributed by atoms with Gasteiger partial charge in [0.25, 0.3) is 0 Å². The van der Waals surface area contributed by atoms with Crippen LogP contribution in [0.25, 0.3) is 11.1 Å². The molecule has 3 rings (SSSR count). The molecule has 0 saturated carbocycles. The van der Waals surface area contributed by atoms with E-state index < -0.39 is 0 Å². The second-order valence-electron chi connectivity index (χ2n) is 5.63. The van der Waals surface area contributed by atoms with Gasteiger partial charge in [-0.25, -0.2) is 4.79 Å². The Morgan fingerprint density at radius 3 is 3.00 bits per heavy atom. The Balaban J connectivity index is 1.95. The Labute approximate surface area is 112 Å². The minimum Gasteiger partial charge on any atom is -0.408 e. The molecule has 4 nitrogen and oxygen atoms in total. The van der Waals surface area contributed by atoms with Gasteiger partial charge in [-0.15, -0.1) is 0 Å². The van der Waals surface area contributed by atoms with E-state index in [1.54, 1.807) is 4.57 Å². The third-order valence-electron chi connectivity index (χ3n) is 3.84. The monoisotopic (exact) mass is 260 g/mol. The topological polar surface area (TPSA) is 47.2 Å². The summed E-state index contributed by atoms with van der Waals surface area (Å²) >= 11 is 0. The molecule has 2 heterocycles. The molecule has 0 radical (unpaired) electrons. The van der Waals surface area contributed by atoms with Crippen molar-refractivity contribution in [1.29, 1.82) is 0 Å². The molecule has 1 aliphatic heterocycles. The van der Waals surface area contributed by atoms with Gasteiger partial charge < -0.3 is 9.73 Å². The zero-order valence-electron chi connectivity index (χ0n) is 11.5. The average molecular weight is 260 g/mol. The van der Waals surface area contributed by atoms with E-state index in [2.05, 4.69) is 11.4 Å². The van der Waals surface area contributed by atoms with Crippen LogP contribution >= 0.6 is 0 Å². The number of nitrogens with one attached hydrogen (secondary N) is 1. The Bertz CT molecular complexity index is 633. The van der Waals surface area contributed by atoms with Gasteiger partial charge in [-0.05, 0) is 57.4 Å². The van der Waals surface area contributed by atoms with E-state index in [9.17, 15) is 4.79 Å². The second-order valence-corrected chi connectivity index (χ2v) is 5.63. The van der Waals surface area contributed by atoms with Crippen molar-refractivity contribution in [3.63, 3.8) is 0 Å². The Morgan fingerprint density at radius 1 is 1.47 bits per heavy atom. The van der Waals surface area contributed by atoms with E-state index in [0.29, 0.717) is 11.6 Å². The fourth-order valence-corrected chi connectivity index (χ4v) is 2.91. The number of aromatic nitrogens is 1. The summed E-state index contributed by atoms with van der Waals surface area (Å²) in [6.45, 7) is 5.10. The molecular formula is C15H20N2O2. The summed E-state index contributed by atoms with van der Waals surface area (Å²) in [5, 5.41) is 3.49. The van der Waals surface area contributed by atoms with Crippen LogP contribution in [-0.4, -0.2) is 17.2 Å². The summed E-state index contributed by atoms with van der Waals surface area (Å²) in [5.74, 6) is -0.263. The highest BCUT2D eigenvalue weighted by Crippen LogP contribution is 2.20. The maximum absolute atomic E-state index is 11.8. The van der Waals surface area contributed by atoms with Crippen molar-refractivity contribution in [3.05, 3.63) is 34.3 Å². The van der Waals surface area contributed by atoms with Crippen LogP contribution in [0.1, 0.15) is 38.3 Å². The molecule has 0 aliphatic carbocycles. The van der Waals surface area contributed by atoms with Gasteiger partial charge in [0.1, 0.15) is 0 Å². The van der Waals surface area contributed by atoms with Crippen LogP contribution in [0.15, 0.2) is 27.4 Å². The molecule has 1 fully saturated rings. The van der Waals surface area contributed by atoms with Crippen molar-refractivity contribution in [2.24, 2.45) is 0 Å².